The molecule has 7 heteroatoms. The maximum atomic E-state index is 13.0. The molecular formula is C23H27N3O3S. The second kappa shape index (κ2) is 9.91. The summed E-state index contributed by atoms with van der Waals surface area (Å²) in [6, 6.07) is 13.5. The molecule has 3 rings (SSSR count). The Morgan fingerprint density at radius 3 is 2.60 bits per heavy atom. The molecule has 0 spiro atoms. The molecule has 0 radical (unpaired) electrons. The number of nitrogens with one attached hydrogen (secondary N) is 1. The Morgan fingerprint density at radius 2 is 1.90 bits per heavy atom. The minimum atomic E-state index is -0.504. The number of aliphatic imine (C=N–C) groups is 1. The first kappa shape index (κ1) is 22.1. The number of hydrogen-bond acceptors (Lipinski definition) is 5. The minimum absolute atomic E-state index is 0.0900. The maximum absolute atomic E-state index is 13.0. The standard InChI is InChI=1S/C23H27N3O3S/c1-15-8-10-18(11-9-15)24-21(27)14-20-22(28)26(12-13-29-4)23(30-20)25-19-7-5-6-16(2)17(19)3/h5-11,20H,12-14H2,1-4H3,(H,24,27)/t20-/m1/s1. The van der Waals surface area contributed by atoms with Crippen molar-refractivity contribution in [2.24, 2.45) is 4.99 Å². The molecule has 2 amide bonds. The number of ether oxygens (including phenoxy) is 1. The van der Waals surface area contributed by atoms with Crippen molar-refractivity contribution in [3.05, 3.63) is 59.2 Å². The van der Waals surface area contributed by atoms with Crippen molar-refractivity contribution in [1.82, 2.24) is 4.90 Å². The number of aryl methyl sites for hydroxylation is 2. The number of nitrogens with zero attached hydrogens (tertiary/aromatic N) is 2. The molecule has 1 aliphatic heterocycles. The van der Waals surface area contributed by atoms with Crippen molar-refractivity contribution in [3.8, 4) is 0 Å². The van der Waals surface area contributed by atoms with Gasteiger partial charge in [-0.3, -0.25) is 14.5 Å². The smallest absolute Gasteiger partial charge is 0.242 e. The third-order valence-electron chi connectivity index (χ3n) is 5.04. The van der Waals surface area contributed by atoms with Gasteiger partial charge in [-0.2, -0.15) is 0 Å². The normalized spacial score (nSPS) is 17.6. The van der Waals surface area contributed by atoms with Crippen molar-refractivity contribution in [3.63, 3.8) is 0 Å². The van der Waals surface area contributed by atoms with Crippen LogP contribution >= 0.6 is 11.8 Å². The molecule has 0 saturated carbocycles. The monoisotopic (exact) mass is 425 g/mol. The summed E-state index contributed by atoms with van der Waals surface area (Å²) in [6.07, 6.45) is 0.0900. The number of carbonyl (C=O) groups excluding carboxylic acids is 2. The molecule has 6 nitrogen and oxygen atoms in total. The predicted molar refractivity (Wildman–Crippen MR) is 122 cm³/mol. The highest BCUT2D eigenvalue weighted by Gasteiger charge is 2.39. The maximum Gasteiger partial charge on any atom is 0.242 e. The number of amidine groups is 1. The highest BCUT2D eigenvalue weighted by molar-refractivity contribution is 8.15. The summed E-state index contributed by atoms with van der Waals surface area (Å²) in [6.45, 7) is 6.85. The molecule has 2 aromatic carbocycles. The van der Waals surface area contributed by atoms with Crippen molar-refractivity contribution >= 4 is 40.1 Å². The summed E-state index contributed by atoms with van der Waals surface area (Å²) in [7, 11) is 1.60. The molecule has 0 unspecified atom stereocenters. The Labute approximate surface area is 181 Å². The zero-order chi connectivity index (χ0) is 21.7. The molecule has 0 aliphatic carbocycles. The van der Waals surface area contributed by atoms with Crippen LogP contribution in [-0.2, 0) is 14.3 Å². The average Bonchev–Trinajstić information content (AvgIpc) is 3.00. The third-order valence-corrected chi connectivity index (χ3v) is 6.21. The van der Waals surface area contributed by atoms with Crippen LogP contribution in [-0.4, -0.2) is 47.4 Å². The van der Waals surface area contributed by atoms with Crippen LogP contribution in [0.25, 0.3) is 0 Å². The Bertz CT molecular complexity index is 957. The summed E-state index contributed by atoms with van der Waals surface area (Å²) in [5.74, 6) is -0.301. The van der Waals surface area contributed by atoms with Crippen molar-refractivity contribution in [1.29, 1.82) is 0 Å². The van der Waals surface area contributed by atoms with E-state index in [4.69, 9.17) is 9.73 Å². The highest BCUT2D eigenvalue weighted by atomic mass is 32.2. The number of anilines is 1. The largest absolute Gasteiger partial charge is 0.383 e. The van der Waals surface area contributed by atoms with Gasteiger partial charge in [0, 0.05) is 19.2 Å². The summed E-state index contributed by atoms with van der Waals surface area (Å²) in [4.78, 5) is 31.9. The lowest BCUT2D eigenvalue weighted by atomic mass is 10.1. The van der Waals surface area contributed by atoms with Crippen LogP contribution in [0.3, 0.4) is 0 Å². The summed E-state index contributed by atoms with van der Waals surface area (Å²) >= 11 is 1.34. The van der Waals surface area contributed by atoms with Gasteiger partial charge < -0.3 is 10.1 Å². The topological polar surface area (TPSA) is 71.0 Å². The van der Waals surface area contributed by atoms with Crippen LogP contribution in [0.5, 0.6) is 0 Å². The molecule has 1 atom stereocenters. The van der Waals surface area contributed by atoms with E-state index in [1.807, 2.05) is 63.2 Å². The summed E-state index contributed by atoms with van der Waals surface area (Å²) in [5.41, 5.74) is 4.89. The number of amides is 2. The second-order valence-electron chi connectivity index (χ2n) is 7.32. The first-order valence-corrected chi connectivity index (χ1v) is 10.8. The lowest BCUT2D eigenvalue weighted by Gasteiger charge is -2.16. The zero-order valence-electron chi connectivity index (χ0n) is 17.8. The zero-order valence-corrected chi connectivity index (χ0v) is 18.6. The molecule has 1 N–H and O–H groups in total. The van der Waals surface area contributed by atoms with E-state index in [0.29, 0.717) is 18.3 Å². The fourth-order valence-electron chi connectivity index (χ4n) is 3.09. The highest BCUT2D eigenvalue weighted by Crippen LogP contribution is 2.33. The van der Waals surface area contributed by atoms with Gasteiger partial charge in [-0.15, -0.1) is 0 Å². The Morgan fingerprint density at radius 1 is 1.17 bits per heavy atom. The van der Waals surface area contributed by atoms with E-state index in [0.717, 1.165) is 28.1 Å². The third kappa shape index (κ3) is 5.29. The van der Waals surface area contributed by atoms with Crippen LogP contribution in [0, 0.1) is 20.8 Å². The Balaban J connectivity index is 1.76. The van der Waals surface area contributed by atoms with Crippen LogP contribution in [0.15, 0.2) is 47.5 Å². The van der Waals surface area contributed by atoms with Gasteiger partial charge in [-0.25, -0.2) is 4.99 Å². The van der Waals surface area contributed by atoms with Gasteiger partial charge in [0.05, 0.1) is 18.8 Å². The van der Waals surface area contributed by atoms with Gasteiger partial charge in [-0.1, -0.05) is 41.6 Å². The summed E-state index contributed by atoms with van der Waals surface area (Å²) in [5, 5.41) is 2.97. The van der Waals surface area contributed by atoms with E-state index >= 15 is 0 Å². The summed E-state index contributed by atoms with van der Waals surface area (Å²) < 4.78 is 5.16. The molecule has 0 aromatic heterocycles. The lowest BCUT2D eigenvalue weighted by molar-refractivity contribution is -0.128. The van der Waals surface area contributed by atoms with Crippen molar-refractivity contribution in [2.75, 3.05) is 25.6 Å². The lowest BCUT2D eigenvalue weighted by Crippen LogP contribution is -2.35. The van der Waals surface area contributed by atoms with E-state index in [2.05, 4.69) is 5.32 Å². The van der Waals surface area contributed by atoms with Crippen LogP contribution < -0.4 is 5.32 Å². The van der Waals surface area contributed by atoms with Crippen LogP contribution in [0.4, 0.5) is 11.4 Å². The van der Waals surface area contributed by atoms with E-state index in [1.54, 1.807) is 12.0 Å². The van der Waals surface area contributed by atoms with E-state index < -0.39 is 5.25 Å². The van der Waals surface area contributed by atoms with Gasteiger partial charge in [0.15, 0.2) is 5.17 Å². The predicted octanol–water partition coefficient (Wildman–Crippen LogP) is 4.22. The number of thioether (sulfide) groups is 1. The van der Waals surface area contributed by atoms with E-state index in [-0.39, 0.29) is 18.2 Å². The first-order chi connectivity index (χ1) is 14.4. The number of rotatable bonds is 7. The fourth-order valence-corrected chi connectivity index (χ4v) is 4.27. The van der Waals surface area contributed by atoms with Crippen molar-refractivity contribution in [2.45, 2.75) is 32.4 Å². The number of methoxy groups -OCH3 is 1. The molecule has 158 valence electrons. The van der Waals surface area contributed by atoms with Gasteiger partial charge >= 0.3 is 0 Å². The van der Waals surface area contributed by atoms with Gasteiger partial charge in [0.2, 0.25) is 11.8 Å². The quantitative estimate of drug-likeness (QED) is 0.721. The molecule has 1 heterocycles. The molecule has 30 heavy (non-hydrogen) atoms. The van der Waals surface area contributed by atoms with Crippen molar-refractivity contribution < 1.29 is 14.3 Å². The van der Waals surface area contributed by atoms with Gasteiger partial charge in [0.25, 0.3) is 0 Å². The van der Waals surface area contributed by atoms with E-state index in [1.165, 1.54) is 11.8 Å². The average molecular weight is 426 g/mol. The molecule has 0 bridgehead atoms. The van der Waals surface area contributed by atoms with E-state index in [9.17, 15) is 9.59 Å². The molecule has 1 saturated heterocycles. The molecule has 1 fully saturated rings. The first-order valence-electron chi connectivity index (χ1n) is 9.87. The van der Waals surface area contributed by atoms with Crippen LogP contribution in [0.2, 0.25) is 0 Å². The molecule has 2 aromatic rings. The van der Waals surface area contributed by atoms with Gasteiger partial charge in [0.1, 0.15) is 5.25 Å². The fraction of sp³-hybridized carbons (Fsp3) is 0.348. The number of benzene rings is 2. The molecule has 1 aliphatic rings. The second-order valence-corrected chi connectivity index (χ2v) is 8.49. The number of carbonyl (C=O) groups is 2. The molecular weight excluding hydrogens is 398 g/mol. The van der Waals surface area contributed by atoms with Crippen LogP contribution in [0.1, 0.15) is 23.1 Å². The minimum Gasteiger partial charge on any atom is -0.383 e. The Kier molecular flexibility index (Phi) is 7.29. The SMILES string of the molecule is COCCN1C(=O)[C@@H](CC(=O)Nc2ccc(C)cc2)SC1=Nc1cccc(C)c1C. The Hall–Kier alpha value is -2.64. The van der Waals surface area contributed by atoms with Gasteiger partial charge in [-0.05, 0) is 50.1 Å². The number of hydrogen-bond donors (Lipinski definition) is 1.